The molecule has 2 heterocycles. The maximum absolute atomic E-state index is 13.9. The number of Topliss-reactive ketones (excluding diaryl/α,β-unsaturated/α-hetero) is 1. The minimum absolute atomic E-state index is 0.0697. The number of carbonyl (C=O) groups excluding carboxylic acids is 2. The van der Waals surface area contributed by atoms with Crippen LogP contribution in [-0.2, 0) is 4.79 Å². The number of benzene rings is 1. The van der Waals surface area contributed by atoms with Gasteiger partial charge in [0.15, 0.2) is 4.34 Å². The minimum atomic E-state index is -0.733. The zero-order valence-electron chi connectivity index (χ0n) is 9.56. The molecule has 0 unspecified atom stereocenters. The number of rotatable bonds is 2. The predicted octanol–water partition coefficient (Wildman–Crippen LogP) is 2.27. The molecule has 0 saturated carbocycles. The van der Waals surface area contributed by atoms with E-state index in [2.05, 4.69) is 14.7 Å². The van der Waals surface area contributed by atoms with Gasteiger partial charge in [0.2, 0.25) is 0 Å². The summed E-state index contributed by atoms with van der Waals surface area (Å²) in [6.07, 6.45) is 0. The lowest BCUT2D eigenvalue weighted by Crippen LogP contribution is -2.12. The molecule has 2 aromatic rings. The molecule has 1 aliphatic heterocycles. The number of hydrogen-bond donors (Lipinski definition) is 1. The summed E-state index contributed by atoms with van der Waals surface area (Å²) in [6.45, 7) is 1.75. The van der Waals surface area contributed by atoms with E-state index in [9.17, 15) is 14.0 Å². The van der Waals surface area contributed by atoms with Crippen LogP contribution in [0.2, 0.25) is 0 Å². The molecule has 5 nitrogen and oxygen atoms in total. The number of carbonyl (C=O) groups is 2. The second-order valence-electron chi connectivity index (χ2n) is 3.82. The van der Waals surface area contributed by atoms with Crippen molar-refractivity contribution < 1.29 is 14.0 Å². The van der Waals surface area contributed by atoms with Gasteiger partial charge in [-0.05, 0) is 30.6 Å². The van der Waals surface area contributed by atoms with Crippen LogP contribution in [-0.4, -0.2) is 21.0 Å². The number of nitrogens with one attached hydrogen (secondary N) is 1. The van der Waals surface area contributed by atoms with Crippen molar-refractivity contribution in [3.8, 4) is 0 Å². The number of ketones is 1. The van der Waals surface area contributed by atoms with Crippen molar-refractivity contribution >= 4 is 40.7 Å². The van der Waals surface area contributed by atoms with Gasteiger partial charge in [0.1, 0.15) is 11.6 Å². The first-order valence-electron chi connectivity index (χ1n) is 5.22. The largest absolute Gasteiger partial charge is 0.318 e. The van der Waals surface area contributed by atoms with Gasteiger partial charge in [-0.1, -0.05) is 11.8 Å². The molecule has 0 bridgehead atoms. The molecule has 8 heteroatoms. The molecule has 0 atom stereocenters. The third-order valence-corrected chi connectivity index (χ3v) is 4.35. The van der Waals surface area contributed by atoms with Gasteiger partial charge in [0, 0.05) is 0 Å². The summed E-state index contributed by atoms with van der Waals surface area (Å²) in [5.74, 6) is -1.38. The molecule has 0 spiro atoms. The molecular weight excluding hydrogens is 289 g/mol. The van der Waals surface area contributed by atoms with Crippen molar-refractivity contribution in [1.29, 1.82) is 0 Å². The molecule has 1 N–H and O–H groups in total. The van der Waals surface area contributed by atoms with Gasteiger partial charge < -0.3 is 5.32 Å². The van der Waals surface area contributed by atoms with Crippen molar-refractivity contribution in [2.45, 2.75) is 16.2 Å². The molecule has 1 aromatic carbocycles. The Balaban J connectivity index is 1.98. The van der Waals surface area contributed by atoms with E-state index >= 15 is 0 Å². The molecule has 19 heavy (non-hydrogen) atoms. The molecule has 0 radical (unpaired) electrons. The van der Waals surface area contributed by atoms with E-state index in [4.69, 9.17) is 0 Å². The van der Waals surface area contributed by atoms with Gasteiger partial charge in [-0.3, -0.25) is 9.59 Å². The topological polar surface area (TPSA) is 72.0 Å². The fourth-order valence-corrected chi connectivity index (χ4v) is 3.29. The smallest absolute Gasteiger partial charge is 0.296 e. The Morgan fingerprint density at radius 2 is 2.16 bits per heavy atom. The second-order valence-corrected chi connectivity index (χ2v) is 5.86. The first-order chi connectivity index (χ1) is 9.04. The Morgan fingerprint density at radius 1 is 1.37 bits per heavy atom. The Bertz CT molecular complexity index is 714. The van der Waals surface area contributed by atoms with Gasteiger partial charge in [-0.15, -0.1) is 0 Å². The number of aromatic nitrogens is 2. The highest BCUT2D eigenvalue weighted by molar-refractivity contribution is 8.01. The lowest BCUT2D eigenvalue weighted by Gasteiger charge is -2.03. The Morgan fingerprint density at radius 3 is 2.84 bits per heavy atom. The zero-order chi connectivity index (χ0) is 13.6. The van der Waals surface area contributed by atoms with E-state index in [1.54, 1.807) is 6.92 Å². The van der Waals surface area contributed by atoms with Crippen molar-refractivity contribution in [3.05, 3.63) is 29.3 Å². The maximum Gasteiger partial charge on any atom is 0.296 e. The van der Waals surface area contributed by atoms with E-state index in [-0.39, 0.29) is 5.56 Å². The van der Waals surface area contributed by atoms with Crippen LogP contribution in [0, 0.1) is 12.7 Å². The molecule has 0 saturated heterocycles. The van der Waals surface area contributed by atoms with Crippen LogP contribution in [0.5, 0.6) is 0 Å². The van der Waals surface area contributed by atoms with Gasteiger partial charge in [0.25, 0.3) is 11.7 Å². The van der Waals surface area contributed by atoms with Crippen molar-refractivity contribution in [2.75, 3.05) is 5.32 Å². The fraction of sp³-hybridized carbons (Fsp3) is 0.0909. The lowest BCUT2D eigenvalue weighted by molar-refractivity contribution is -0.112. The second kappa shape index (κ2) is 4.39. The van der Waals surface area contributed by atoms with Crippen LogP contribution in [0.4, 0.5) is 10.1 Å². The van der Waals surface area contributed by atoms with Crippen LogP contribution in [0.1, 0.15) is 16.2 Å². The molecular formula is C11H6FN3O2S2. The third kappa shape index (κ3) is 2.13. The minimum Gasteiger partial charge on any atom is -0.318 e. The van der Waals surface area contributed by atoms with E-state index < -0.39 is 17.5 Å². The zero-order valence-corrected chi connectivity index (χ0v) is 11.2. The number of aryl methyl sites for hydroxylation is 1. The van der Waals surface area contributed by atoms with E-state index in [0.29, 0.717) is 20.7 Å². The molecule has 96 valence electrons. The highest BCUT2D eigenvalue weighted by atomic mass is 32.2. The Hall–Kier alpha value is -1.80. The van der Waals surface area contributed by atoms with E-state index in [0.717, 1.165) is 17.8 Å². The average Bonchev–Trinajstić information content (AvgIpc) is 2.87. The number of hydrogen-bond acceptors (Lipinski definition) is 6. The molecule has 0 fully saturated rings. The maximum atomic E-state index is 13.9. The van der Waals surface area contributed by atoms with Crippen molar-refractivity contribution in [2.24, 2.45) is 0 Å². The fourth-order valence-electron chi connectivity index (χ4n) is 1.64. The number of anilines is 1. The van der Waals surface area contributed by atoms with Crippen molar-refractivity contribution in [3.63, 3.8) is 0 Å². The van der Waals surface area contributed by atoms with Crippen LogP contribution < -0.4 is 5.32 Å². The molecule has 3 rings (SSSR count). The average molecular weight is 295 g/mol. The van der Waals surface area contributed by atoms with Gasteiger partial charge >= 0.3 is 0 Å². The van der Waals surface area contributed by atoms with Crippen LogP contribution >= 0.6 is 23.3 Å². The summed E-state index contributed by atoms with van der Waals surface area (Å²) in [5.41, 5.74) is 0.403. The Kier molecular flexibility index (Phi) is 2.83. The van der Waals surface area contributed by atoms with E-state index in [1.807, 2.05) is 0 Å². The molecule has 1 aliphatic rings. The van der Waals surface area contributed by atoms with Crippen molar-refractivity contribution in [1.82, 2.24) is 9.36 Å². The predicted molar refractivity (Wildman–Crippen MR) is 68.1 cm³/mol. The normalized spacial score (nSPS) is 13.6. The van der Waals surface area contributed by atoms with Gasteiger partial charge in [0.05, 0.1) is 16.1 Å². The highest BCUT2D eigenvalue weighted by Gasteiger charge is 2.29. The number of halogens is 1. The monoisotopic (exact) mass is 295 g/mol. The van der Waals surface area contributed by atoms with E-state index in [1.165, 1.54) is 17.6 Å². The number of amides is 1. The van der Waals surface area contributed by atoms with Gasteiger partial charge in [-0.25, -0.2) is 9.37 Å². The first-order valence-corrected chi connectivity index (χ1v) is 6.81. The van der Waals surface area contributed by atoms with Crippen LogP contribution in [0.3, 0.4) is 0 Å². The number of nitrogens with zero attached hydrogens (tertiary/aromatic N) is 2. The third-order valence-electron chi connectivity index (χ3n) is 2.48. The quantitative estimate of drug-likeness (QED) is 0.860. The summed E-state index contributed by atoms with van der Waals surface area (Å²) in [5, 5.41) is 2.40. The summed E-state index contributed by atoms with van der Waals surface area (Å²) in [4.78, 5) is 27.0. The molecule has 1 amide bonds. The summed E-state index contributed by atoms with van der Waals surface area (Å²) >= 11 is 2.28. The highest BCUT2D eigenvalue weighted by Crippen LogP contribution is 2.35. The lowest BCUT2D eigenvalue weighted by atomic mass is 10.1. The number of fused-ring (bicyclic) bond motifs is 1. The SMILES string of the molecule is Cc1nsc(Sc2cc3c(cc2F)C(=O)C(=O)N3)n1. The first kappa shape index (κ1) is 12.2. The molecule has 1 aromatic heterocycles. The van der Waals surface area contributed by atoms with Gasteiger partial charge in [-0.2, -0.15) is 4.37 Å². The summed E-state index contributed by atoms with van der Waals surface area (Å²) < 4.78 is 18.5. The Labute approximate surface area is 115 Å². The summed E-state index contributed by atoms with van der Waals surface area (Å²) in [6, 6.07) is 2.51. The standard InChI is InChI=1S/C11H6FN3O2S2/c1-4-13-11(19-15-4)18-8-3-7-5(2-6(8)12)9(16)10(17)14-7/h2-3H,1H3,(H,14,16,17). The summed E-state index contributed by atoms with van der Waals surface area (Å²) in [7, 11) is 0. The van der Waals surface area contributed by atoms with Crippen LogP contribution in [0.15, 0.2) is 21.4 Å². The van der Waals surface area contributed by atoms with Crippen LogP contribution in [0.25, 0.3) is 0 Å². The molecule has 0 aliphatic carbocycles.